The van der Waals surface area contributed by atoms with Crippen LogP contribution in [0.5, 0.6) is 5.75 Å². The third-order valence-electron chi connectivity index (χ3n) is 4.15. The van der Waals surface area contributed by atoms with Crippen LogP contribution in [0.15, 0.2) is 29.2 Å². The molecule has 0 unspecified atom stereocenters. The Morgan fingerprint density at radius 3 is 2.25 bits per heavy atom. The van der Waals surface area contributed by atoms with E-state index in [1.807, 2.05) is 0 Å². The van der Waals surface area contributed by atoms with Crippen molar-refractivity contribution in [2.75, 3.05) is 58.2 Å². The normalized spacial score (nSPS) is 16.2. The highest BCUT2D eigenvalue weighted by Gasteiger charge is 2.32. The Kier molecular flexibility index (Phi) is 9.40. The lowest BCUT2D eigenvalue weighted by molar-refractivity contribution is 0.0358. The van der Waals surface area contributed by atoms with Crippen molar-refractivity contribution in [3.05, 3.63) is 24.3 Å². The molecule has 2 rings (SSSR count). The van der Waals surface area contributed by atoms with Gasteiger partial charge in [-0.15, -0.1) is 0 Å². The van der Waals surface area contributed by atoms with E-state index in [0.717, 1.165) is 39.3 Å². The van der Waals surface area contributed by atoms with Crippen molar-refractivity contribution in [2.24, 2.45) is 0 Å². The Morgan fingerprint density at radius 2 is 1.68 bits per heavy atom. The third-order valence-corrected chi connectivity index (χ3v) is 9.07. The molecule has 1 fully saturated rings. The van der Waals surface area contributed by atoms with E-state index in [-0.39, 0.29) is 18.1 Å². The lowest BCUT2D eigenvalue weighted by Gasteiger charge is -2.26. The van der Waals surface area contributed by atoms with Gasteiger partial charge < -0.3 is 18.5 Å². The summed E-state index contributed by atoms with van der Waals surface area (Å²) in [5, 5.41) is 0. The minimum atomic E-state index is -3.81. The summed E-state index contributed by atoms with van der Waals surface area (Å²) >= 11 is 0. The molecule has 160 valence electrons. The topological polar surface area (TPSA) is 91.4 Å². The van der Waals surface area contributed by atoms with Crippen LogP contribution in [0.4, 0.5) is 0 Å². The summed E-state index contributed by atoms with van der Waals surface area (Å²) in [4.78, 5) is 2.39. The molecule has 0 amide bonds. The first-order valence-electron chi connectivity index (χ1n) is 9.52. The van der Waals surface area contributed by atoms with Crippen molar-refractivity contribution in [1.29, 1.82) is 0 Å². The van der Waals surface area contributed by atoms with E-state index in [9.17, 15) is 13.0 Å². The van der Waals surface area contributed by atoms with Crippen LogP contribution in [0.2, 0.25) is 0 Å². The second kappa shape index (κ2) is 11.3. The van der Waals surface area contributed by atoms with Gasteiger partial charge in [-0.1, -0.05) is 0 Å². The van der Waals surface area contributed by atoms with E-state index in [1.165, 1.54) is 12.1 Å². The maximum atomic E-state index is 12.6. The van der Waals surface area contributed by atoms with Crippen LogP contribution in [0, 0.1) is 0 Å². The van der Waals surface area contributed by atoms with Gasteiger partial charge in [-0.25, -0.2) is 8.42 Å². The highest BCUT2D eigenvalue weighted by Crippen LogP contribution is 2.50. The average molecular weight is 435 g/mol. The van der Waals surface area contributed by atoms with Crippen molar-refractivity contribution in [2.45, 2.75) is 25.2 Å². The van der Waals surface area contributed by atoms with Crippen LogP contribution in [0.25, 0.3) is 0 Å². The van der Waals surface area contributed by atoms with Gasteiger partial charge in [0.2, 0.25) is 0 Å². The fourth-order valence-corrected chi connectivity index (χ4v) is 7.10. The highest BCUT2D eigenvalue weighted by molar-refractivity contribution is 7.97. The first-order valence-corrected chi connectivity index (χ1v) is 12.9. The standard InChI is InChI=1S/C18H30NO7PS/c1-3-25-27(20,26-4-2)16-28(21,22)18-8-6-17(7-9-18)24-13-5-10-19-11-14-23-15-12-19/h6-9H,3-5,10-16H2,1-2H3. The zero-order valence-electron chi connectivity index (χ0n) is 16.5. The number of ether oxygens (including phenoxy) is 2. The molecule has 0 aromatic heterocycles. The molecule has 1 aliphatic rings. The fourth-order valence-electron chi connectivity index (χ4n) is 2.83. The number of nitrogens with zero attached hydrogens (tertiary/aromatic N) is 1. The molecule has 0 bridgehead atoms. The van der Waals surface area contributed by atoms with Gasteiger partial charge in [-0.3, -0.25) is 9.46 Å². The highest BCUT2D eigenvalue weighted by atomic mass is 32.2. The lowest BCUT2D eigenvalue weighted by atomic mass is 10.3. The third kappa shape index (κ3) is 7.46. The molecule has 0 aliphatic carbocycles. The summed E-state index contributed by atoms with van der Waals surface area (Å²) in [5.74, 6) is 0.596. The summed E-state index contributed by atoms with van der Waals surface area (Å²) in [6.07, 6.45) is 0.881. The molecular formula is C18H30NO7PS. The summed E-state index contributed by atoms with van der Waals surface area (Å²) < 4.78 is 58.8. The molecule has 1 saturated heterocycles. The Bertz CT molecular complexity index is 723. The largest absolute Gasteiger partial charge is 0.494 e. The number of benzene rings is 1. The van der Waals surface area contributed by atoms with Crippen molar-refractivity contribution < 1.29 is 31.5 Å². The SMILES string of the molecule is CCOP(=O)(CS(=O)(=O)c1ccc(OCCCN2CCOCC2)cc1)OCC. The first kappa shape index (κ1) is 23.3. The summed E-state index contributed by atoms with van der Waals surface area (Å²) in [6, 6.07) is 6.12. The van der Waals surface area contributed by atoms with Gasteiger partial charge in [0.05, 0.1) is 37.9 Å². The van der Waals surface area contributed by atoms with Gasteiger partial charge in [0.25, 0.3) is 0 Å². The van der Waals surface area contributed by atoms with Crippen molar-refractivity contribution in [3.8, 4) is 5.75 Å². The van der Waals surface area contributed by atoms with Gasteiger partial charge in [-0.05, 0) is 44.5 Å². The summed E-state index contributed by atoms with van der Waals surface area (Å²) in [6.45, 7) is 8.45. The lowest BCUT2D eigenvalue weighted by Crippen LogP contribution is -2.37. The van der Waals surface area contributed by atoms with Crippen molar-refractivity contribution in [1.82, 2.24) is 4.90 Å². The fraction of sp³-hybridized carbons (Fsp3) is 0.667. The number of morpholine rings is 1. The zero-order chi connectivity index (χ0) is 20.5. The van der Waals surface area contributed by atoms with Gasteiger partial charge in [-0.2, -0.15) is 0 Å². The monoisotopic (exact) mass is 435 g/mol. The van der Waals surface area contributed by atoms with Gasteiger partial charge in [0.1, 0.15) is 5.75 Å². The van der Waals surface area contributed by atoms with E-state index < -0.39 is 22.9 Å². The minimum Gasteiger partial charge on any atom is -0.494 e. The van der Waals surface area contributed by atoms with E-state index >= 15 is 0 Å². The quantitative estimate of drug-likeness (QED) is 0.366. The van der Waals surface area contributed by atoms with Crippen LogP contribution < -0.4 is 4.74 Å². The second-order valence-electron chi connectivity index (χ2n) is 6.32. The minimum absolute atomic E-state index is 0.0628. The van der Waals surface area contributed by atoms with Crippen molar-refractivity contribution >= 4 is 17.4 Å². The van der Waals surface area contributed by atoms with Crippen LogP contribution in [0.3, 0.4) is 0 Å². The molecule has 0 radical (unpaired) electrons. The Morgan fingerprint density at radius 1 is 1.07 bits per heavy atom. The van der Waals surface area contributed by atoms with Gasteiger partial charge >= 0.3 is 7.60 Å². The predicted octanol–water partition coefficient (Wildman–Crippen LogP) is 2.79. The molecular weight excluding hydrogens is 405 g/mol. The Balaban J connectivity index is 1.86. The van der Waals surface area contributed by atoms with E-state index in [0.29, 0.717) is 12.4 Å². The van der Waals surface area contributed by atoms with E-state index in [2.05, 4.69) is 4.90 Å². The molecule has 1 aromatic rings. The van der Waals surface area contributed by atoms with Crippen LogP contribution in [-0.2, 0) is 28.2 Å². The van der Waals surface area contributed by atoms with Crippen molar-refractivity contribution in [3.63, 3.8) is 0 Å². The molecule has 28 heavy (non-hydrogen) atoms. The molecule has 1 heterocycles. The molecule has 10 heteroatoms. The van der Waals surface area contributed by atoms with Gasteiger partial charge in [0.15, 0.2) is 15.3 Å². The maximum Gasteiger partial charge on any atom is 0.346 e. The molecule has 0 spiro atoms. The van der Waals surface area contributed by atoms with Crippen LogP contribution in [0.1, 0.15) is 20.3 Å². The van der Waals surface area contributed by atoms with Crippen LogP contribution in [-0.4, -0.2) is 71.5 Å². The molecule has 1 aliphatic heterocycles. The smallest absolute Gasteiger partial charge is 0.346 e. The number of sulfone groups is 1. The average Bonchev–Trinajstić information content (AvgIpc) is 2.66. The molecule has 8 nitrogen and oxygen atoms in total. The number of rotatable bonds is 12. The predicted molar refractivity (Wildman–Crippen MR) is 107 cm³/mol. The maximum absolute atomic E-state index is 12.6. The Hall–Kier alpha value is -0.960. The Labute approximate surface area is 167 Å². The van der Waals surface area contributed by atoms with E-state index in [4.69, 9.17) is 18.5 Å². The van der Waals surface area contributed by atoms with Gasteiger partial charge in [0, 0.05) is 19.6 Å². The zero-order valence-corrected chi connectivity index (χ0v) is 18.3. The van der Waals surface area contributed by atoms with E-state index in [1.54, 1.807) is 26.0 Å². The molecule has 0 N–H and O–H groups in total. The first-order chi connectivity index (χ1) is 13.4. The second-order valence-corrected chi connectivity index (χ2v) is 10.8. The summed E-state index contributed by atoms with van der Waals surface area (Å²) in [7, 11) is -7.49. The molecule has 0 saturated carbocycles. The molecule has 1 aromatic carbocycles. The number of hydrogen-bond acceptors (Lipinski definition) is 8. The molecule has 0 atom stereocenters. The summed E-state index contributed by atoms with van der Waals surface area (Å²) in [5.41, 5.74) is -0.679. The number of hydrogen-bond donors (Lipinski definition) is 0. The van der Waals surface area contributed by atoms with Crippen LogP contribution >= 0.6 is 7.60 Å².